The number of aromatic nitrogens is 13. The van der Waals surface area contributed by atoms with Crippen molar-refractivity contribution in [3.8, 4) is 153 Å². The molecule has 0 atom stereocenters. The molecule has 7 heterocycles. The van der Waals surface area contributed by atoms with Gasteiger partial charge in [-0.2, -0.15) is 0 Å². The monoisotopic (exact) mass is 1500 g/mol. The van der Waals surface area contributed by atoms with Crippen LogP contribution in [0.2, 0.25) is 0 Å². The first-order valence-corrected chi connectivity index (χ1v) is 39.0. The Morgan fingerprint density at radius 1 is 0.162 bits per heavy atom. The van der Waals surface area contributed by atoms with Crippen LogP contribution >= 0.6 is 0 Å². The van der Waals surface area contributed by atoms with E-state index >= 15 is 0 Å². The summed E-state index contributed by atoms with van der Waals surface area (Å²) in [4.78, 5) is 54.6. The van der Waals surface area contributed by atoms with Crippen LogP contribution in [0, 0.1) is 0 Å². The van der Waals surface area contributed by atoms with Gasteiger partial charge in [0.05, 0.1) is 66.7 Å². The predicted octanol–water partition coefficient (Wildman–Crippen LogP) is 24.9. The average Bonchev–Trinajstić information content (AvgIpc) is 1.51. The van der Waals surface area contributed by atoms with Crippen LogP contribution in [-0.2, 0) is 0 Å². The van der Waals surface area contributed by atoms with E-state index in [1.165, 1.54) is 0 Å². The zero-order valence-corrected chi connectivity index (χ0v) is 62.8. The van der Waals surface area contributed by atoms with Crippen LogP contribution in [0.5, 0.6) is 0 Å². The van der Waals surface area contributed by atoms with Crippen LogP contribution in [0.15, 0.2) is 395 Å². The largest absolute Gasteiger partial charge is 0.308 e. The second-order valence-corrected chi connectivity index (χ2v) is 28.9. The van der Waals surface area contributed by atoms with E-state index in [1.807, 2.05) is 146 Å². The van der Waals surface area contributed by atoms with Crippen molar-refractivity contribution >= 4 is 65.4 Å². The zero-order chi connectivity index (χ0) is 77.3. The van der Waals surface area contributed by atoms with Crippen molar-refractivity contribution < 1.29 is 0 Å². The van der Waals surface area contributed by atoms with Crippen LogP contribution in [0.1, 0.15) is 0 Å². The third-order valence-corrected chi connectivity index (χ3v) is 22.1. The first-order valence-electron chi connectivity index (χ1n) is 39.0. The molecule has 0 aliphatic carbocycles. The highest BCUT2D eigenvalue weighted by Gasteiger charge is 2.38. The summed E-state index contributed by atoms with van der Waals surface area (Å²) < 4.78 is 7.48. The Hall–Kier alpha value is -16.1. The molecular weight excluding hydrogens is 1430 g/mol. The Kier molecular flexibility index (Phi) is 16.5. The zero-order valence-electron chi connectivity index (χ0n) is 62.8. The Bertz CT molecular complexity index is 7320. The first kappa shape index (κ1) is 67.7. The highest BCUT2D eigenvalue weighted by atomic mass is 15.1. The van der Waals surface area contributed by atoms with Crippen LogP contribution in [0.4, 0.5) is 0 Å². The van der Waals surface area contributed by atoms with E-state index in [0.717, 1.165) is 149 Å². The van der Waals surface area contributed by atoms with E-state index in [1.54, 1.807) is 0 Å². The molecule has 0 aliphatic rings. The SMILES string of the molecule is c1ccc(-c2nc(-c3ccccc3)nc(-c3cnc(-c4c(-n5c6ccccc6c6ccccc65)c(-n5c6ccccc6c6ccccc65)c5c6c(-c7ccccc7)c(-c7ccccc7)c(-c7ccccc7)c(-c7ccccc7)c6n(-c6ccccc6)c5c4-c4ncc(-c5nc(-c6ccccc6)nc(-c6ccccc6)n5)cn4)nc3)n2)cc1. The standard InChI is InChI=1S/C104H65N13/c1-10-36-66(37-11-1)85-86(67-38-12-2-13-39-67)88(69-42-16-4-17-43-69)93-89(87(85)68-40-14-3-15-41-68)90-94(115(93)76-52-26-9-27-53-76)91(103-105-62-74(63-106-103)101-111-97(70-44-18-5-19-45-70)109-98(112-101)71-46-20-6-21-47-71)92(104-107-64-75(65-108-104)102-113-99(72-48-22-7-23-49-72)110-100(114-102)73-50-24-8-25-51-73)96(117-83-60-34-30-56-79(83)80-57-31-35-61-84(80)117)95(90)116-81-58-32-28-54-77(81)78-55-29-33-59-82(78)116/h1-65H. The summed E-state index contributed by atoms with van der Waals surface area (Å²) in [5, 5.41) is 6.12. The Labute approximate surface area is 672 Å². The maximum absolute atomic E-state index is 5.82. The number of hydrogen-bond acceptors (Lipinski definition) is 10. The van der Waals surface area contributed by atoms with E-state index in [4.69, 9.17) is 49.8 Å². The molecule has 0 unspecified atom stereocenters. The normalized spacial score (nSPS) is 11.6. The third-order valence-electron chi connectivity index (χ3n) is 22.1. The van der Waals surface area contributed by atoms with Crippen molar-refractivity contribution in [3.05, 3.63) is 395 Å². The van der Waals surface area contributed by atoms with Crippen molar-refractivity contribution in [2.75, 3.05) is 0 Å². The summed E-state index contributed by atoms with van der Waals surface area (Å²) in [6.07, 6.45) is 7.43. The van der Waals surface area contributed by atoms with Crippen molar-refractivity contribution in [2.24, 2.45) is 0 Å². The van der Waals surface area contributed by atoms with Crippen LogP contribution in [0.25, 0.3) is 218 Å². The molecule has 13 heteroatoms. The van der Waals surface area contributed by atoms with Gasteiger partial charge in [-0.25, -0.2) is 49.8 Å². The van der Waals surface area contributed by atoms with E-state index in [9.17, 15) is 0 Å². The van der Waals surface area contributed by atoms with Gasteiger partial charge in [0, 0.05) is 102 Å². The summed E-state index contributed by atoms with van der Waals surface area (Å²) in [5.41, 5.74) is 22.0. The number of fused-ring (bicyclic) bond motifs is 9. The second kappa shape index (κ2) is 28.6. The fourth-order valence-corrected chi connectivity index (χ4v) is 17.1. The molecule has 117 heavy (non-hydrogen) atoms. The number of para-hydroxylation sites is 5. The molecule has 0 saturated carbocycles. The summed E-state index contributed by atoms with van der Waals surface area (Å²) in [6.45, 7) is 0. The number of nitrogens with zero attached hydrogens (tertiary/aromatic N) is 13. The Morgan fingerprint density at radius 2 is 0.410 bits per heavy atom. The van der Waals surface area contributed by atoms with Crippen molar-refractivity contribution in [2.45, 2.75) is 0 Å². The maximum atomic E-state index is 5.82. The maximum Gasteiger partial charge on any atom is 0.167 e. The molecule has 0 amide bonds. The van der Waals surface area contributed by atoms with Crippen LogP contribution in [-0.4, -0.2) is 63.5 Å². The highest BCUT2D eigenvalue weighted by Crippen LogP contribution is 2.59. The number of hydrogen-bond donors (Lipinski definition) is 0. The van der Waals surface area contributed by atoms with Crippen molar-refractivity contribution in [1.29, 1.82) is 0 Å². The molecule has 7 aromatic heterocycles. The summed E-state index contributed by atoms with van der Waals surface area (Å²) in [6, 6.07) is 130. The van der Waals surface area contributed by atoms with Gasteiger partial charge in [0.1, 0.15) is 0 Å². The minimum Gasteiger partial charge on any atom is -0.308 e. The topological polar surface area (TPSA) is 144 Å². The molecule has 0 bridgehead atoms. The summed E-state index contributed by atoms with van der Waals surface area (Å²) >= 11 is 0. The average molecular weight is 1500 g/mol. The van der Waals surface area contributed by atoms with Gasteiger partial charge >= 0.3 is 0 Å². The first-order chi connectivity index (χ1) is 58.1. The smallest absolute Gasteiger partial charge is 0.167 e. The quantitative estimate of drug-likeness (QED) is 0.0973. The van der Waals surface area contributed by atoms with E-state index in [-0.39, 0.29) is 0 Å². The second-order valence-electron chi connectivity index (χ2n) is 28.9. The van der Waals surface area contributed by atoms with Crippen LogP contribution in [0.3, 0.4) is 0 Å². The van der Waals surface area contributed by atoms with Gasteiger partial charge in [0.15, 0.2) is 46.6 Å². The molecule has 0 aliphatic heterocycles. The van der Waals surface area contributed by atoms with Gasteiger partial charge in [-0.15, -0.1) is 0 Å². The van der Waals surface area contributed by atoms with Crippen molar-refractivity contribution in [1.82, 2.24) is 63.5 Å². The minimum absolute atomic E-state index is 0.367. The lowest BCUT2D eigenvalue weighted by molar-refractivity contribution is 1.05. The lowest BCUT2D eigenvalue weighted by Gasteiger charge is -2.25. The van der Waals surface area contributed by atoms with Gasteiger partial charge in [-0.1, -0.05) is 334 Å². The fraction of sp³-hybridized carbons (Fsp3) is 0. The minimum atomic E-state index is 0.367. The molecule has 13 nitrogen and oxygen atoms in total. The molecule has 15 aromatic carbocycles. The number of rotatable bonds is 15. The molecule has 0 saturated heterocycles. The molecule has 0 radical (unpaired) electrons. The highest BCUT2D eigenvalue weighted by molar-refractivity contribution is 6.32. The summed E-state index contributed by atoms with van der Waals surface area (Å²) in [5.74, 6) is 3.57. The number of benzene rings is 15. The van der Waals surface area contributed by atoms with Gasteiger partial charge in [0.2, 0.25) is 0 Å². The van der Waals surface area contributed by atoms with Gasteiger partial charge in [-0.3, -0.25) is 0 Å². The van der Waals surface area contributed by atoms with Crippen LogP contribution < -0.4 is 0 Å². The molecule has 0 spiro atoms. The molecule has 0 fully saturated rings. The molecular formula is C104H65N13. The van der Waals surface area contributed by atoms with E-state index in [2.05, 4.69) is 262 Å². The van der Waals surface area contributed by atoms with Crippen molar-refractivity contribution in [3.63, 3.8) is 0 Å². The Balaban J connectivity index is 1.00. The van der Waals surface area contributed by atoms with Gasteiger partial charge in [-0.05, 0) is 64.2 Å². The Morgan fingerprint density at radius 3 is 0.752 bits per heavy atom. The van der Waals surface area contributed by atoms with E-state index in [0.29, 0.717) is 68.8 Å². The molecule has 546 valence electrons. The molecule has 0 N–H and O–H groups in total. The van der Waals surface area contributed by atoms with Gasteiger partial charge in [0.25, 0.3) is 0 Å². The van der Waals surface area contributed by atoms with Gasteiger partial charge < -0.3 is 13.7 Å². The molecule has 22 rings (SSSR count). The summed E-state index contributed by atoms with van der Waals surface area (Å²) in [7, 11) is 0. The molecule has 22 aromatic rings. The fourth-order valence-electron chi connectivity index (χ4n) is 17.1. The predicted molar refractivity (Wildman–Crippen MR) is 473 cm³/mol. The van der Waals surface area contributed by atoms with E-state index < -0.39 is 0 Å². The lowest BCUT2D eigenvalue weighted by atomic mass is 9.80. The lowest BCUT2D eigenvalue weighted by Crippen LogP contribution is -2.11. The third kappa shape index (κ3) is 11.5.